The molecule has 0 aliphatic rings. The third-order valence-electron chi connectivity index (χ3n) is 6.25. The third kappa shape index (κ3) is 7.97. The summed E-state index contributed by atoms with van der Waals surface area (Å²) in [6, 6.07) is 18.9. The van der Waals surface area contributed by atoms with Gasteiger partial charge in [-0.2, -0.15) is 0 Å². The van der Waals surface area contributed by atoms with Crippen molar-refractivity contribution < 1.29 is 18.0 Å². The normalized spacial score (nSPS) is 12.0. The van der Waals surface area contributed by atoms with Gasteiger partial charge in [0.1, 0.15) is 12.6 Å². The van der Waals surface area contributed by atoms with Crippen LogP contribution in [0.25, 0.3) is 0 Å². The summed E-state index contributed by atoms with van der Waals surface area (Å²) in [5.74, 6) is -0.895. The standard InChI is InChI=1S/C29H33Cl2N3O4S/c1-4-5-17-32-29(36)22(3)33(19-23-9-8-10-24(30)18-23)28(35)20-34(27-12-7-6-11-26(27)31)39(37,38)25-15-13-21(2)14-16-25/h6-16,18,22H,4-5,17,19-20H2,1-3H3,(H,32,36). The monoisotopic (exact) mass is 589 g/mol. The molecule has 1 N–H and O–H groups in total. The Morgan fingerprint density at radius 2 is 1.67 bits per heavy atom. The van der Waals surface area contributed by atoms with Crippen molar-refractivity contribution in [1.29, 1.82) is 0 Å². The molecule has 2 amide bonds. The highest BCUT2D eigenvalue weighted by atomic mass is 35.5. The minimum absolute atomic E-state index is 0.0209. The van der Waals surface area contributed by atoms with Crippen molar-refractivity contribution in [3.8, 4) is 0 Å². The van der Waals surface area contributed by atoms with Crippen LogP contribution < -0.4 is 9.62 Å². The highest BCUT2D eigenvalue weighted by Gasteiger charge is 2.33. The number of anilines is 1. The van der Waals surface area contributed by atoms with Crippen LogP contribution in [0.3, 0.4) is 0 Å². The van der Waals surface area contributed by atoms with Crippen LogP contribution >= 0.6 is 23.2 Å². The quantitative estimate of drug-likeness (QED) is 0.269. The van der Waals surface area contributed by atoms with Gasteiger partial charge in [0, 0.05) is 18.1 Å². The number of halogens is 2. The van der Waals surface area contributed by atoms with Crippen LogP contribution in [0.15, 0.2) is 77.7 Å². The number of aryl methyl sites for hydroxylation is 1. The van der Waals surface area contributed by atoms with Gasteiger partial charge in [0.05, 0.1) is 15.6 Å². The summed E-state index contributed by atoms with van der Waals surface area (Å²) in [5, 5.41) is 3.52. The van der Waals surface area contributed by atoms with E-state index in [0.29, 0.717) is 17.1 Å². The molecule has 7 nitrogen and oxygen atoms in total. The van der Waals surface area contributed by atoms with Gasteiger partial charge in [0.15, 0.2) is 0 Å². The number of hydrogen-bond donors (Lipinski definition) is 1. The minimum atomic E-state index is -4.19. The number of rotatable bonds is 12. The Morgan fingerprint density at radius 3 is 2.31 bits per heavy atom. The molecule has 0 bridgehead atoms. The van der Waals surface area contributed by atoms with Crippen LogP contribution in [0, 0.1) is 6.92 Å². The van der Waals surface area contributed by atoms with E-state index in [0.717, 1.165) is 22.7 Å². The first-order valence-corrected chi connectivity index (χ1v) is 14.9. The van der Waals surface area contributed by atoms with E-state index < -0.39 is 28.5 Å². The van der Waals surface area contributed by atoms with E-state index >= 15 is 0 Å². The average molecular weight is 591 g/mol. The van der Waals surface area contributed by atoms with Crippen LogP contribution in [0.1, 0.15) is 37.8 Å². The first kappa shape index (κ1) is 30.5. The molecule has 3 rings (SSSR count). The lowest BCUT2D eigenvalue weighted by Gasteiger charge is -2.32. The number of nitrogens with zero attached hydrogens (tertiary/aromatic N) is 2. The third-order valence-corrected chi connectivity index (χ3v) is 8.58. The smallest absolute Gasteiger partial charge is 0.264 e. The number of para-hydroxylation sites is 1. The number of hydrogen-bond acceptors (Lipinski definition) is 4. The first-order valence-electron chi connectivity index (χ1n) is 12.7. The maximum absolute atomic E-state index is 13.9. The van der Waals surface area contributed by atoms with Gasteiger partial charge in [-0.05, 0) is 62.2 Å². The molecule has 0 saturated carbocycles. The Bertz CT molecular complexity index is 1400. The van der Waals surface area contributed by atoms with Crippen molar-refractivity contribution in [3.63, 3.8) is 0 Å². The zero-order valence-corrected chi connectivity index (χ0v) is 24.6. The van der Waals surface area contributed by atoms with E-state index in [2.05, 4.69) is 5.32 Å². The zero-order chi connectivity index (χ0) is 28.6. The molecule has 0 aliphatic carbocycles. The SMILES string of the molecule is CCCCNC(=O)C(C)N(Cc1cccc(Cl)c1)C(=O)CN(c1ccccc1Cl)S(=O)(=O)c1ccc(C)cc1. The second kappa shape index (κ2) is 13.8. The average Bonchev–Trinajstić information content (AvgIpc) is 2.90. The van der Waals surface area contributed by atoms with Crippen LogP contribution in [0.2, 0.25) is 10.0 Å². The molecule has 0 heterocycles. The number of carbonyl (C=O) groups excluding carboxylic acids is 2. The summed E-state index contributed by atoms with van der Waals surface area (Å²) in [5.41, 5.74) is 1.76. The highest BCUT2D eigenvalue weighted by Crippen LogP contribution is 2.31. The Hall–Kier alpha value is -3.07. The fourth-order valence-electron chi connectivity index (χ4n) is 3.96. The van der Waals surface area contributed by atoms with Crippen LogP contribution in [0.4, 0.5) is 5.69 Å². The van der Waals surface area contributed by atoms with E-state index in [1.165, 1.54) is 17.0 Å². The molecule has 1 unspecified atom stereocenters. The highest BCUT2D eigenvalue weighted by molar-refractivity contribution is 7.92. The van der Waals surface area contributed by atoms with Crippen molar-refractivity contribution in [1.82, 2.24) is 10.2 Å². The molecular weight excluding hydrogens is 557 g/mol. The van der Waals surface area contributed by atoms with Gasteiger partial charge < -0.3 is 10.2 Å². The van der Waals surface area contributed by atoms with Crippen LogP contribution in [0.5, 0.6) is 0 Å². The Morgan fingerprint density at radius 1 is 0.974 bits per heavy atom. The largest absolute Gasteiger partial charge is 0.354 e. The predicted molar refractivity (Wildman–Crippen MR) is 157 cm³/mol. The number of carbonyl (C=O) groups is 2. The van der Waals surface area contributed by atoms with Gasteiger partial charge in [-0.3, -0.25) is 13.9 Å². The molecule has 39 heavy (non-hydrogen) atoms. The van der Waals surface area contributed by atoms with Gasteiger partial charge in [-0.25, -0.2) is 8.42 Å². The Kier molecular flexibility index (Phi) is 10.8. The lowest BCUT2D eigenvalue weighted by atomic mass is 10.1. The summed E-state index contributed by atoms with van der Waals surface area (Å²) in [7, 11) is -4.19. The van der Waals surface area contributed by atoms with E-state index in [9.17, 15) is 18.0 Å². The maximum Gasteiger partial charge on any atom is 0.264 e. The molecule has 0 spiro atoms. The molecule has 0 aromatic heterocycles. The van der Waals surface area contributed by atoms with Crippen molar-refractivity contribution in [2.75, 3.05) is 17.4 Å². The van der Waals surface area contributed by atoms with Crippen molar-refractivity contribution >= 4 is 50.7 Å². The maximum atomic E-state index is 13.9. The summed E-state index contributed by atoms with van der Waals surface area (Å²) in [6.07, 6.45) is 1.71. The van der Waals surface area contributed by atoms with Gasteiger partial charge >= 0.3 is 0 Å². The van der Waals surface area contributed by atoms with Gasteiger partial charge in [0.2, 0.25) is 11.8 Å². The zero-order valence-electron chi connectivity index (χ0n) is 22.2. The first-order chi connectivity index (χ1) is 18.5. The van der Waals surface area contributed by atoms with Crippen molar-refractivity contribution in [3.05, 3.63) is 94.0 Å². The number of benzene rings is 3. The molecule has 3 aromatic carbocycles. The number of unbranched alkanes of at least 4 members (excludes halogenated alkanes) is 1. The second-order valence-electron chi connectivity index (χ2n) is 9.25. The second-order valence-corrected chi connectivity index (χ2v) is 12.0. The lowest BCUT2D eigenvalue weighted by Crippen LogP contribution is -2.51. The summed E-state index contributed by atoms with van der Waals surface area (Å²) >= 11 is 12.6. The predicted octanol–water partition coefficient (Wildman–Crippen LogP) is 5.83. The lowest BCUT2D eigenvalue weighted by molar-refractivity contribution is -0.139. The van der Waals surface area contributed by atoms with Gasteiger partial charge in [-0.15, -0.1) is 0 Å². The Labute approximate surface area is 240 Å². The van der Waals surface area contributed by atoms with Crippen molar-refractivity contribution in [2.24, 2.45) is 0 Å². The minimum Gasteiger partial charge on any atom is -0.354 e. The summed E-state index contributed by atoms with van der Waals surface area (Å²) in [4.78, 5) is 28.3. The molecule has 208 valence electrons. The fourth-order valence-corrected chi connectivity index (χ4v) is 5.89. The molecule has 10 heteroatoms. The van der Waals surface area contributed by atoms with Crippen molar-refractivity contribution in [2.45, 2.75) is 51.1 Å². The van der Waals surface area contributed by atoms with Gasteiger partial charge in [-0.1, -0.05) is 78.5 Å². The van der Waals surface area contributed by atoms with Crippen LogP contribution in [-0.4, -0.2) is 44.3 Å². The molecule has 0 aliphatic heterocycles. The summed E-state index contributed by atoms with van der Waals surface area (Å²) in [6.45, 7) is 5.47. The van der Waals surface area contributed by atoms with Gasteiger partial charge in [0.25, 0.3) is 10.0 Å². The molecule has 3 aromatic rings. The number of sulfonamides is 1. The molecule has 0 saturated heterocycles. The molecular formula is C29H33Cl2N3O4S. The van der Waals surface area contributed by atoms with E-state index in [1.807, 2.05) is 13.8 Å². The molecule has 0 fully saturated rings. The van der Waals surface area contributed by atoms with Crippen LogP contribution in [-0.2, 0) is 26.2 Å². The van der Waals surface area contributed by atoms with E-state index in [-0.39, 0.29) is 28.1 Å². The Balaban J connectivity index is 2.01. The molecule has 0 radical (unpaired) electrons. The number of nitrogens with one attached hydrogen (secondary N) is 1. The number of amides is 2. The topological polar surface area (TPSA) is 86.8 Å². The fraction of sp³-hybridized carbons (Fsp3) is 0.310. The van der Waals surface area contributed by atoms with E-state index in [1.54, 1.807) is 67.6 Å². The van der Waals surface area contributed by atoms with E-state index in [4.69, 9.17) is 23.2 Å². The molecule has 1 atom stereocenters. The summed E-state index contributed by atoms with van der Waals surface area (Å²) < 4.78 is 28.7.